The van der Waals surface area contributed by atoms with E-state index in [1.807, 2.05) is 35.2 Å². The van der Waals surface area contributed by atoms with Crippen molar-refractivity contribution in [2.75, 3.05) is 31.5 Å². The third-order valence-electron chi connectivity index (χ3n) is 5.56. The molecule has 2 aliphatic rings. The molecule has 29 heavy (non-hydrogen) atoms. The zero-order valence-corrected chi connectivity index (χ0v) is 15.9. The second-order valence-electron chi connectivity index (χ2n) is 7.57. The minimum atomic E-state index is -1.11. The van der Waals surface area contributed by atoms with Gasteiger partial charge in [-0.1, -0.05) is 6.07 Å². The van der Waals surface area contributed by atoms with Gasteiger partial charge in [0, 0.05) is 36.6 Å². The van der Waals surface area contributed by atoms with E-state index in [4.69, 9.17) is 10.5 Å². The molecular formula is C21H21FN6O. The second-order valence-corrected chi connectivity index (χ2v) is 7.57. The van der Waals surface area contributed by atoms with Gasteiger partial charge in [-0.2, -0.15) is 10.5 Å². The standard InChI is InChI=1S/C21H21FN6O/c22-14-8-17(10-24)28(11-14)21(29)13-27-7-6-16(12-27)26-20-3-1-2-19-18(20)5-4-15(9-23)25-19/h1-5,14,16-17,26H,6-8,11-13H2/t14-,16-,17-/m0/s1. The van der Waals surface area contributed by atoms with Crippen molar-refractivity contribution in [1.29, 1.82) is 10.5 Å². The van der Waals surface area contributed by atoms with Gasteiger partial charge in [0.15, 0.2) is 0 Å². The fourth-order valence-electron chi connectivity index (χ4n) is 4.12. The van der Waals surface area contributed by atoms with Crippen molar-refractivity contribution in [3.05, 3.63) is 36.0 Å². The number of nitrogens with one attached hydrogen (secondary N) is 1. The van der Waals surface area contributed by atoms with Crippen LogP contribution in [0.1, 0.15) is 18.5 Å². The summed E-state index contributed by atoms with van der Waals surface area (Å²) in [6.45, 7) is 1.66. The molecule has 2 aromatic rings. The van der Waals surface area contributed by atoms with Gasteiger partial charge < -0.3 is 10.2 Å². The van der Waals surface area contributed by atoms with E-state index in [9.17, 15) is 9.18 Å². The van der Waals surface area contributed by atoms with Crippen molar-refractivity contribution in [3.8, 4) is 12.1 Å². The summed E-state index contributed by atoms with van der Waals surface area (Å²) in [5.41, 5.74) is 2.09. The number of aromatic nitrogens is 1. The lowest BCUT2D eigenvalue weighted by Gasteiger charge is -2.23. The summed E-state index contributed by atoms with van der Waals surface area (Å²) in [4.78, 5) is 20.3. The van der Waals surface area contributed by atoms with Gasteiger partial charge in [-0.15, -0.1) is 0 Å². The number of anilines is 1. The maximum absolute atomic E-state index is 13.6. The van der Waals surface area contributed by atoms with Gasteiger partial charge in [-0.05, 0) is 30.7 Å². The SMILES string of the molecule is N#Cc1ccc2c(N[C@H]3CCN(CC(=O)N4C[C@@H](F)C[C@H]4C#N)C3)cccc2n1. The van der Waals surface area contributed by atoms with Crippen molar-refractivity contribution in [1.82, 2.24) is 14.8 Å². The van der Waals surface area contributed by atoms with Crippen molar-refractivity contribution < 1.29 is 9.18 Å². The van der Waals surface area contributed by atoms with E-state index in [2.05, 4.69) is 16.4 Å². The Kier molecular flexibility index (Phi) is 5.28. The minimum absolute atomic E-state index is 0.0142. The summed E-state index contributed by atoms with van der Waals surface area (Å²) >= 11 is 0. The van der Waals surface area contributed by atoms with E-state index < -0.39 is 12.2 Å². The molecule has 3 heterocycles. The first-order chi connectivity index (χ1) is 14.1. The normalized spacial score (nSPS) is 24.4. The van der Waals surface area contributed by atoms with Gasteiger partial charge in [-0.3, -0.25) is 9.69 Å². The molecule has 2 saturated heterocycles. The number of hydrogen-bond donors (Lipinski definition) is 1. The molecule has 8 heteroatoms. The molecule has 0 bridgehead atoms. The van der Waals surface area contributed by atoms with Gasteiger partial charge in [0.05, 0.1) is 24.7 Å². The number of carbonyl (C=O) groups excluding carboxylic acids is 1. The highest BCUT2D eigenvalue weighted by atomic mass is 19.1. The van der Waals surface area contributed by atoms with Gasteiger partial charge >= 0.3 is 0 Å². The number of alkyl halides is 1. The molecule has 7 nitrogen and oxygen atoms in total. The Balaban J connectivity index is 1.38. The number of benzene rings is 1. The Morgan fingerprint density at radius 2 is 2.14 bits per heavy atom. The number of nitrogens with zero attached hydrogens (tertiary/aromatic N) is 5. The highest BCUT2D eigenvalue weighted by Gasteiger charge is 2.36. The number of pyridine rings is 1. The number of rotatable bonds is 4. The van der Waals surface area contributed by atoms with E-state index in [0.29, 0.717) is 12.2 Å². The summed E-state index contributed by atoms with van der Waals surface area (Å²) in [5.74, 6) is -0.184. The number of hydrogen-bond acceptors (Lipinski definition) is 6. The van der Waals surface area contributed by atoms with Crippen LogP contribution in [0.2, 0.25) is 0 Å². The fourth-order valence-corrected chi connectivity index (χ4v) is 4.12. The molecule has 1 N–H and O–H groups in total. The van der Waals surface area contributed by atoms with Gasteiger partial charge in [-0.25, -0.2) is 9.37 Å². The van der Waals surface area contributed by atoms with Crippen molar-refractivity contribution in [2.45, 2.75) is 31.1 Å². The Bertz CT molecular complexity index is 1010. The summed E-state index contributed by atoms with van der Waals surface area (Å²) in [7, 11) is 0. The topological polar surface area (TPSA) is 96.0 Å². The summed E-state index contributed by atoms with van der Waals surface area (Å²) in [6, 6.07) is 12.9. The molecule has 4 rings (SSSR count). The lowest BCUT2D eigenvalue weighted by atomic mass is 10.1. The predicted octanol–water partition coefficient (Wildman–Crippen LogP) is 2.06. The highest BCUT2D eigenvalue weighted by molar-refractivity contribution is 5.91. The summed E-state index contributed by atoms with van der Waals surface area (Å²) < 4.78 is 13.6. The van der Waals surface area contributed by atoms with Gasteiger partial charge in [0.25, 0.3) is 0 Å². The average Bonchev–Trinajstić information content (AvgIpc) is 3.33. The summed E-state index contributed by atoms with van der Waals surface area (Å²) in [6.07, 6.45) is -0.131. The molecule has 1 aromatic carbocycles. The molecule has 0 spiro atoms. The van der Waals surface area contributed by atoms with Crippen molar-refractivity contribution in [2.24, 2.45) is 0 Å². The van der Waals surface area contributed by atoms with Crippen LogP contribution in [0, 0.1) is 22.7 Å². The molecule has 0 unspecified atom stereocenters. The monoisotopic (exact) mass is 392 g/mol. The number of fused-ring (bicyclic) bond motifs is 1. The molecule has 0 aliphatic carbocycles. The molecule has 1 aromatic heterocycles. The van der Waals surface area contributed by atoms with E-state index >= 15 is 0 Å². The maximum Gasteiger partial charge on any atom is 0.237 e. The number of carbonyl (C=O) groups is 1. The zero-order valence-electron chi connectivity index (χ0n) is 15.9. The predicted molar refractivity (Wildman–Crippen MR) is 106 cm³/mol. The first-order valence-corrected chi connectivity index (χ1v) is 9.69. The fraction of sp³-hybridized carbons (Fsp3) is 0.429. The van der Waals surface area contributed by atoms with E-state index in [1.54, 1.807) is 6.07 Å². The van der Waals surface area contributed by atoms with Gasteiger partial charge in [0.2, 0.25) is 5.91 Å². The maximum atomic E-state index is 13.6. The number of amides is 1. The first-order valence-electron chi connectivity index (χ1n) is 9.69. The smallest absolute Gasteiger partial charge is 0.237 e. The van der Waals surface area contributed by atoms with Crippen LogP contribution in [0.25, 0.3) is 10.9 Å². The third-order valence-corrected chi connectivity index (χ3v) is 5.56. The third kappa shape index (κ3) is 3.98. The lowest BCUT2D eigenvalue weighted by molar-refractivity contribution is -0.132. The number of halogens is 1. The zero-order chi connectivity index (χ0) is 20.4. The van der Waals surface area contributed by atoms with Gasteiger partial charge in [0.1, 0.15) is 24.0 Å². The molecule has 148 valence electrons. The lowest BCUT2D eigenvalue weighted by Crippen LogP contribution is -2.42. The quantitative estimate of drug-likeness (QED) is 0.856. The average molecular weight is 392 g/mol. The highest BCUT2D eigenvalue weighted by Crippen LogP contribution is 2.25. The molecular weight excluding hydrogens is 371 g/mol. The summed E-state index contributed by atoms with van der Waals surface area (Å²) in [5, 5.41) is 22.6. The van der Waals surface area contributed by atoms with Crippen LogP contribution < -0.4 is 5.32 Å². The van der Waals surface area contributed by atoms with Crippen LogP contribution in [0.4, 0.5) is 10.1 Å². The van der Waals surface area contributed by atoms with Crippen LogP contribution in [-0.2, 0) is 4.79 Å². The largest absolute Gasteiger partial charge is 0.380 e. The number of likely N-dealkylation sites (tertiary alicyclic amines) is 2. The van der Waals surface area contributed by atoms with Crippen molar-refractivity contribution >= 4 is 22.5 Å². The molecule has 3 atom stereocenters. The second kappa shape index (κ2) is 8.02. The van der Waals surface area contributed by atoms with E-state index in [-0.39, 0.29) is 31.5 Å². The van der Waals surface area contributed by atoms with Crippen molar-refractivity contribution in [3.63, 3.8) is 0 Å². The minimum Gasteiger partial charge on any atom is -0.380 e. The molecule has 2 aliphatic heterocycles. The van der Waals surface area contributed by atoms with Crippen LogP contribution >= 0.6 is 0 Å². The van der Waals surface area contributed by atoms with Crippen LogP contribution in [0.5, 0.6) is 0 Å². The molecule has 0 radical (unpaired) electrons. The van der Waals surface area contributed by atoms with Crippen LogP contribution in [-0.4, -0.2) is 65.1 Å². The Morgan fingerprint density at radius 3 is 2.93 bits per heavy atom. The van der Waals surface area contributed by atoms with E-state index in [0.717, 1.165) is 29.6 Å². The Hall–Kier alpha value is -3.23. The molecule has 0 saturated carbocycles. The molecule has 1 amide bonds. The Morgan fingerprint density at radius 1 is 1.28 bits per heavy atom. The van der Waals surface area contributed by atoms with Crippen LogP contribution in [0.15, 0.2) is 30.3 Å². The van der Waals surface area contributed by atoms with E-state index in [1.165, 1.54) is 4.90 Å². The molecule has 2 fully saturated rings. The first kappa shape index (κ1) is 19.1. The number of nitriles is 2. The van der Waals surface area contributed by atoms with Crippen LogP contribution in [0.3, 0.4) is 0 Å². The Labute approximate surface area is 168 Å².